The molecule has 0 heterocycles. The van der Waals surface area contributed by atoms with E-state index >= 15 is 0 Å². The van der Waals surface area contributed by atoms with Gasteiger partial charge >= 0.3 is 5.97 Å². The van der Waals surface area contributed by atoms with E-state index in [0.717, 1.165) is 12.0 Å². The van der Waals surface area contributed by atoms with Crippen molar-refractivity contribution in [2.45, 2.75) is 39.3 Å². The molecule has 17 heavy (non-hydrogen) atoms. The summed E-state index contributed by atoms with van der Waals surface area (Å²) in [5, 5.41) is 20.1. The van der Waals surface area contributed by atoms with Crippen molar-refractivity contribution in [2.24, 2.45) is 0 Å². The van der Waals surface area contributed by atoms with Crippen LogP contribution in [0.1, 0.15) is 27.2 Å². The molecule has 5 nitrogen and oxygen atoms in total. The van der Waals surface area contributed by atoms with Crippen LogP contribution in [0.4, 0.5) is 0 Å². The van der Waals surface area contributed by atoms with Crippen LogP contribution in [0.15, 0.2) is 23.8 Å². The van der Waals surface area contributed by atoms with Gasteiger partial charge in [0.25, 0.3) is 0 Å². The summed E-state index contributed by atoms with van der Waals surface area (Å²) in [6.45, 7) is 5.12. The number of hydrogen-bond acceptors (Lipinski definition) is 3. The largest absolute Gasteiger partial charge is 0.480 e. The van der Waals surface area contributed by atoms with E-state index in [1.165, 1.54) is 13.0 Å². The molecule has 0 saturated heterocycles. The molecular formula is C12H19NO4. The van der Waals surface area contributed by atoms with Crippen molar-refractivity contribution in [3.8, 4) is 0 Å². The molecule has 0 aliphatic rings. The highest BCUT2D eigenvalue weighted by molar-refractivity contribution is 5.91. The van der Waals surface area contributed by atoms with E-state index in [-0.39, 0.29) is 0 Å². The molecular weight excluding hydrogens is 222 g/mol. The third-order valence-electron chi connectivity index (χ3n) is 2.27. The Bertz CT molecular complexity index is 331. The summed E-state index contributed by atoms with van der Waals surface area (Å²) in [7, 11) is 0. The van der Waals surface area contributed by atoms with Gasteiger partial charge in [0.1, 0.15) is 0 Å². The molecule has 0 spiro atoms. The zero-order chi connectivity index (χ0) is 13.4. The first-order valence-electron chi connectivity index (χ1n) is 5.47. The fourth-order valence-electron chi connectivity index (χ4n) is 1.19. The molecule has 5 heteroatoms. The highest BCUT2D eigenvalue weighted by Crippen LogP contribution is 2.01. The average molecular weight is 241 g/mol. The van der Waals surface area contributed by atoms with Crippen LogP contribution < -0.4 is 5.32 Å². The number of carbonyl (C=O) groups excluding carboxylic acids is 1. The minimum atomic E-state index is -1.29. The van der Waals surface area contributed by atoms with Crippen molar-refractivity contribution in [3.05, 3.63) is 23.8 Å². The van der Waals surface area contributed by atoms with Gasteiger partial charge in [0, 0.05) is 6.08 Å². The number of rotatable bonds is 6. The van der Waals surface area contributed by atoms with Crippen molar-refractivity contribution in [1.82, 2.24) is 5.32 Å². The van der Waals surface area contributed by atoms with E-state index in [0.29, 0.717) is 0 Å². The Kier molecular flexibility index (Phi) is 6.89. The number of nitrogens with one attached hydrogen (secondary N) is 1. The van der Waals surface area contributed by atoms with E-state index in [9.17, 15) is 14.7 Å². The summed E-state index contributed by atoms with van der Waals surface area (Å²) < 4.78 is 0. The first kappa shape index (κ1) is 15.4. The Morgan fingerprint density at radius 3 is 2.29 bits per heavy atom. The summed E-state index contributed by atoms with van der Waals surface area (Å²) in [5.41, 5.74) is 0.976. The predicted octanol–water partition coefficient (Wildman–Crippen LogP) is 0.849. The standard InChI is InChI=1S/C12H19NO4/c1-4-9(5-2)6-7-10(15)13-11(8(3)14)12(16)17/h4,6-8,11,14H,5H2,1-3H3,(H,13,15)(H,16,17)/b7-6+,9-4+/t8?,11-/m0/s1. The third kappa shape index (κ3) is 5.87. The van der Waals surface area contributed by atoms with Crippen LogP contribution in [0.25, 0.3) is 0 Å². The SMILES string of the molecule is C/C=C(/C=C/C(=O)N[C@H](C(=O)O)C(C)O)CC. The van der Waals surface area contributed by atoms with E-state index < -0.39 is 24.0 Å². The van der Waals surface area contributed by atoms with Crippen LogP contribution in [0.2, 0.25) is 0 Å². The summed E-state index contributed by atoms with van der Waals surface area (Å²) in [5.74, 6) is -1.80. The van der Waals surface area contributed by atoms with Crippen molar-refractivity contribution in [3.63, 3.8) is 0 Å². The lowest BCUT2D eigenvalue weighted by molar-refractivity contribution is -0.144. The number of aliphatic carboxylic acids is 1. The predicted molar refractivity (Wildman–Crippen MR) is 64.4 cm³/mol. The molecule has 0 aliphatic carbocycles. The van der Waals surface area contributed by atoms with E-state index in [1.54, 1.807) is 6.08 Å². The molecule has 0 aromatic heterocycles. The molecule has 1 amide bonds. The molecule has 0 saturated carbocycles. The second-order valence-electron chi connectivity index (χ2n) is 3.62. The number of allylic oxidation sites excluding steroid dienone is 3. The fourth-order valence-corrected chi connectivity index (χ4v) is 1.19. The van der Waals surface area contributed by atoms with Crippen LogP contribution in [-0.4, -0.2) is 34.2 Å². The Hall–Kier alpha value is -1.62. The minimum absolute atomic E-state index is 0.536. The molecule has 3 N–H and O–H groups in total. The topological polar surface area (TPSA) is 86.6 Å². The van der Waals surface area contributed by atoms with E-state index in [4.69, 9.17) is 5.11 Å². The maximum atomic E-state index is 11.4. The second-order valence-corrected chi connectivity index (χ2v) is 3.62. The summed E-state index contributed by atoms with van der Waals surface area (Å²) >= 11 is 0. The molecule has 0 bridgehead atoms. The molecule has 1 unspecified atom stereocenters. The summed E-state index contributed by atoms with van der Waals surface area (Å²) in [4.78, 5) is 22.1. The van der Waals surface area contributed by atoms with Crippen LogP contribution in [0.5, 0.6) is 0 Å². The molecule has 0 aliphatic heterocycles. The molecule has 0 aromatic carbocycles. The van der Waals surface area contributed by atoms with Gasteiger partial charge in [-0.25, -0.2) is 4.79 Å². The fraction of sp³-hybridized carbons (Fsp3) is 0.500. The number of carboxylic acids is 1. The zero-order valence-corrected chi connectivity index (χ0v) is 10.3. The maximum Gasteiger partial charge on any atom is 0.328 e. The Morgan fingerprint density at radius 1 is 1.35 bits per heavy atom. The van der Waals surface area contributed by atoms with Gasteiger partial charge in [-0.05, 0) is 20.3 Å². The Labute approximate surface area is 101 Å². The smallest absolute Gasteiger partial charge is 0.328 e. The number of aliphatic hydroxyl groups is 1. The van der Waals surface area contributed by atoms with Gasteiger partial charge in [-0.2, -0.15) is 0 Å². The molecule has 0 aromatic rings. The number of amides is 1. The monoisotopic (exact) mass is 241 g/mol. The van der Waals surface area contributed by atoms with Crippen LogP contribution >= 0.6 is 0 Å². The van der Waals surface area contributed by atoms with E-state index in [1.807, 2.05) is 19.9 Å². The van der Waals surface area contributed by atoms with Crippen molar-refractivity contribution in [2.75, 3.05) is 0 Å². The van der Waals surface area contributed by atoms with Gasteiger partial charge in [-0.3, -0.25) is 4.79 Å². The van der Waals surface area contributed by atoms with Crippen molar-refractivity contribution < 1.29 is 19.8 Å². The van der Waals surface area contributed by atoms with Crippen LogP contribution in [-0.2, 0) is 9.59 Å². The lowest BCUT2D eigenvalue weighted by Gasteiger charge is -2.15. The number of aliphatic hydroxyl groups excluding tert-OH is 1. The van der Waals surface area contributed by atoms with Gasteiger partial charge in [0.2, 0.25) is 5.91 Å². The lowest BCUT2D eigenvalue weighted by atomic mass is 10.1. The molecule has 0 radical (unpaired) electrons. The van der Waals surface area contributed by atoms with E-state index in [2.05, 4.69) is 5.32 Å². The molecule has 0 rings (SSSR count). The summed E-state index contributed by atoms with van der Waals surface area (Å²) in [6, 6.07) is -1.29. The zero-order valence-electron chi connectivity index (χ0n) is 10.3. The Balaban J connectivity index is 4.49. The average Bonchev–Trinajstić information content (AvgIpc) is 2.26. The minimum Gasteiger partial charge on any atom is -0.480 e. The molecule has 96 valence electrons. The lowest BCUT2D eigenvalue weighted by Crippen LogP contribution is -2.47. The molecule has 2 atom stereocenters. The third-order valence-corrected chi connectivity index (χ3v) is 2.27. The van der Waals surface area contributed by atoms with Crippen molar-refractivity contribution in [1.29, 1.82) is 0 Å². The Morgan fingerprint density at radius 2 is 1.94 bits per heavy atom. The first-order chi connectivity index (χ1) is 7.92. The van der Waals surface area contributed by atoms with Crippen LogP contribution in [0.3, 0.4) is 0 Å². The normalized spacial score (nSPS) is 15.6. The maximum absolute atomic E-state index is 11.4. The quantitative estimate of drug-likeness (QED) is 0.475. The number of carbonyl (C=O) groups is 2. The van der Waals surface area contributed by atoms with Gasteiger partial charge < -0.3 is 15.5 Å². The van der Waals surface area contributed by atoms with Gasteiger partial charge in [-0.1, -0.05) is 24.6 Å². The number of carboxylic acid groups (broad SMARTS) is 1. The van der Waals surface area contributed by atoms with Gasteiger partial charge in [-0.15, -0.1) is 0 Å². The van der Waals surface area contributed by atoms with Gasteiger partial charge in [0.15, 0.2) is 6.04 Å². The first-order valence-corrected chi connectivity index (χ1v) is 5.47. The van der Waals surface area contributed by atoms with Gasteiger partial charge in [0.05, 0.1) is 6.10 Å². The van der Waals surface area contributed by atoms with Crippen LogP contribution in [0, 0.1) is 0 Å². The molecule has 0 fully saturated rings. The number of hydrogen-bond donors (Lipinski definition) is 3. The second kappa shape index (κ2) is 7.62. The summed E-state index contributed by atoms with van der Waals surface area (Å²) in [6.07, 6.45) is 4.40. The highest BCUT2D eigenvalue weighted by Gasteiger charge is 2.23. The van der Waals surface area contributed by atoms with Crippen molar-refractivity contribution >= 4 is 11.9 Å². The highest BCUT2D eigenvalue weighted by atomic mass is 16.4.